The van der Waals surface area contributed by atoms with Crippen LogP contribution in [0.3, 0.4) is 0 Å². The maximum Gasteiger partial charge on any atom is 0.197 e. The molecule has 142 valence electrons. The second-order valence-electron chi connectivity index (χ2n) is 7.80. The maximum atomic E-state index is 13.4. The number of pyridine rings is 1. The topological polar surface area (TPSA) is 49.9 Å². The van der Waals surface area contributed by atoms with Gasteiger partial charge in [-0.3, -0.25) is 9.59 Å². The van der Waals surface area contributed by atoms with Gasteiger partial charge < -0.3 is 4.98 Å². The highest BCUT2D eigenvalue weighted by Gasteiger charge is 2.24. The molecule has 3 nitrogen and oxygen atoms in total. The van der Waals surface area contributed by atoms with Gasteiger partial charge in [-0.15, -0.1) is 0 Å². The molecule has 0 spiro atoms. The molecule has 0 saturated heterocycles. The van der Waals surface area contributed by atoms with E-state index >= 15 is 0 Å². The number of carbonyl (C=O) groups excluding carboxylic acids is 1. The number of benzene rings is 4. The average Bonchev–Trinajstić information content (AvgIpc) is 2.79. The highest BCUT2D eigenvalue weighted by atomic mass is 16.1. The monoisotopic (exact) mass is 387 g/mol. The van der Waals surface area contributed by atoms with Crippen molar-refractivity contribution in [3.05, 3.63) is 117 Å². The predicted octanol–water partition coefficient (Wildman–Crippen LogP) is 5.48. The van der Waals surface area contributed by atoms with E-state index in [4.69, 9.17) is 0 Å². The van der Waals surface area contributed by atoms with Gasteiger partial charge in [0.1, 0.15) is 0 Å². The number of hydrogen-bond acceptors (Lipinski definition) is 2. The first-order chi connectivity index (χ1) is 14.7. The molecule has 0 amide bonds. The van der Waals surface area contributed by atoms with Gasteiger partial charge in [0.25, 0.3) is 0 Å². The van der Waals surface area contributed by atoms with Gasteiger partial charge in [0.15, 0.2) is 11.2 Å². The third kappa shape index (κ3) is 2.45. The van der Waals surface area contributed by atoms with Crippen molar-refractivity contribution in [1.82, 2.24) is 4.98 Å². The van der Waals surface area contributed by atoms with Crippen molar-refractivity contribution < 1.29 is 4.79 Å². The van der Waals surface area contributed by atoms with Gasteiger partial charge in [-0.05, 0) is 52.9 Å². The highest BCUT2D eigenvalue weighted by Crippen LogP contribution is 2.30. The Morgan fingerprint density at radius 2 is 1.37 bits per heavy atom. The van der Waals surface area contributed by atoms with Gasteiger partial charge >= 0.3 is 0 Å². The molecule has 0 atom stereocenters. The van der Waals surface area contributed by atoms with Crippen molar-refractivity contribution in [2.45, 2.75) is 6.42 Å². The smallest absolute Gasteiger partial charge is 0.197 e. The second kappa shape index (κ2) is 6.26. The molecule has 0 aliphatic heterocycles. The fourth-order valence-corrected chi connectivity index (χ4v) is 4.48. The number of carbonyl (C=O) groups is 1. The summed E-state index contributed by atoms with van der Waals surface area (Å²) in [5.41, 5.74) is 6.90. The molecular weight excluding hydrogens is 370 g/mol. The van der Waals surface area contributed by atoms with E-state index in [0.717, 1.165) is 33.3 Å². The predicted molar refractivity (Wildman–Crippen MR) is 120 cm³/mol. The van der Waals surface area contributed by atoms with Crippen LogP contribution < -0.4 is 5.43 Å². The molecule has 0 radical (unpaired) electrons. The van der Waals surface area contributed by atoms with Crippen LogP contribution in [-0.4, -0.2) is 10.8 Å². The van der Waals surface area contributed by atoms with Crippen molar-refractivity contribution in [3.8, 4) is 11.1 Å². The Labute approximate surface area is 172 Å². The molecule has 1 N–H and O–H groups in total. The molecule has 5 aromatic rings. The molecule has 0 fully saturated rings. The Balaban J connectivity index is 1.59. The van der Waals surface area contributed by atoms with Crippen molar-refractivity contribution in [2.75, 3.05) is 0 Å². The number of ketones is 1. The summed E-state index contributed by atoms with van der Waals surface area (Å²) in [7, 11) is 0. The molecule has 0 bridgehead atoms. The molecule has 30 heavy (non-hydrogen) atoms. The number of nitrogens with one attached hydrogen (secondary N) is 1. The molecular formula is C27H17NO2. The first kappa shape index (κ1) is 16.9. The van der Waals surface area contributed by atoms with Gasteiger partial charge in [-0.1, -0.05) is 60.7 Å². The summed E-state index contributed by atoms with van der Waals surface area (Å²) in [6, 6.07) is 27.4. The molecule has 6 rings (SSSR count). The van der Waals surface area contributed by atoms with E-state index in [9.17, 15) is 9.59 Å². The Bertz CT molecular complexity index is 1540. The Hall–Kier alpha value is -3.98. The van der Waals surface area contributed by atoms with Gasteiger partial charge in [-0.25, -0.2) is 0 Å². The highest BCUT2D eigenvalue weighted by molar-refractivity contribution is 6.14. The van der Waals surface area contributed by atoms with E-state index in [-0.39, 0.29) is 11.2 Å². The third-order valence-corrected chi connectivity index (χ3v) is 6.02. The maximum absolute atomic E-state index is 13.4. The van der Waals surface area contributed by atoms with Crippen LogP contribution in [0.1, 0.15) is 27.0 Å². The van der Waals surface area contributed by atoms with Crippen LogP contribution in [0.15, 0.2) is 89.7 Å². The van der Waals surface area contributed by atoms with E-state index in [1.54, 1.807) is 0 Å². The summed E-state index contributed by atoms with van der Waals surface area (Å²) >= 11 is 0. The second-order valence-corrected chi connectivity index (χ2v) is 7.80. The Morgan fingerprint density at radius 3 is 2.23 bits per heavy atom. The van der Waals surface area contributed by atoms with E-state index < -0.39 is 0 Å². The zero-order valence-corrected chi connectivity index (χ0v) is 16.1. The van der Waals surface area contributed by atoms with Crippen LogP contribution in [0.4, 0.5) is 0 Å². The number of rotatable bonds is 1. The minimum Gasteiger partial charge on any atom is -0.354 e. The standard InChI is InChI=1S/C27H17NO2/c29-26-20-9-5-4-8-18(20)12-19-14-23-25(15-21(19)26)28-24-11-10-17(13-22(24)27(23)30)16-6-2-1-3-7-16/h1-11,13-15H,12H2,(H,28,30). The number of aromatic nitrogens is 1. The summed E-state index contributed by atoms with van der Waals surface area (Å²) in [6.45, 7) is 0. The quantitative estimate of drug-likeness (QED) is 0.380. The molecule has 0 unspecified atom stereocenters. The summed E-state index contributed by atoms with van der Waals surface area (Å²) in [5.74, 6) is 0.0223. The summed E-state index contributed by atoms with van der Waals surface area (Å²) in [4.78, 5) is 29.8. The van der Waals surface area contributed by atoms with Crippen molar-refractivity contribution in [3.63, 3.8) is 0 Å². The Kier molecular flexibility index (Phi) is 3.53. The first-order valence-electron chi connectivity index (χ1n) is 10.00. The van der Waals surface area contributed by atoms with E-state index in [0.29, 0.717) is 28.3 Å². The van der Waals surface area contributed by atoms with Crippen molar-refractivity contribution in [2.24, 2.45) is 0 Å². The fraction of sp³-hybridized carbons (Fsp3) is 0.0370. The first-order valence-corrected chi connectivity index (χ1v) is 10.00. The van der Waals surface area contributed by atoms with Crippen LogP contribution in [0, 0.1) is 0 Å². The third-order valence-electron chi connectivity index (χ3n) is 6.02. The SMILES string of the molecule is O=C1c2ccccc2Cc2cc3c(=O)c4cc(-c5ccccc5)ccc4[nH]c3cc21. The minimum absolute atomic E-state index is 0.00867. The minimum atomic E-state index is -0.00867. The lowest BCUT2D eigenvalue weighted by Gasteiger charge is -2.19. The van der Waals surface area contributed by atoms with Gasteiger partial charge in [0.05, 0.1) is 5.52 Å². The molecule has 1 aliphatic rings. The number of fused-ring (bicyclic) bond motifs is 4. The summed E-state index contributed by atoms with van der Waals surface area (Å²) < 4.78 is 0. The molecule has 1 heterocycles. The molecule has 4 aromatic carbocycles. The summed E-state index contributed by atoms with van der Waals surface area (Å²) in [5, 5.41) is 1.28. The van der Waals surface area contributed by atoms with E-state index in [1.807, 2.05) is 84.9 Å². The van der Waals surface area contributed by atoms with Crippen LogP contribution >= 0.6 is 0 Å². The van der Waals surface area contributed by atoms with E-state index in [1.165, 1.54) is 0 Å². The molecule has 1 aliphatic carbocycles. The van der Waals surface area contributed by atoms with Crippen LogP contribution in [0.2, 0.25) is 0 Å². The molecule has 1 aromatic heterocycles. The zero-order valence-electron chi connectivity index (χ0n) is 16.1. The largest absolute Gasteiger partial charge is 0.354 e. The van der Waals surface area contributed by atoms with Crippen LogP contribution in [0.5, 0.6) is 0 Å². The van der Waals surface area contributed by atoms with Gasteiger partial charge in [-0.2, -0.15) is 0 Å². The average molecular weight is 387 g/mol. The van der Waals surface area contributed by atoms with Crippen LogP contribution in [-0.2, 0) is 6.42 Å². The Morgan fingerprint density at radius 1 is 0.600 bits per heavy atom. The molecule has 0 saturated carbocycles. The number of aromatic amines is 1. The lowest BCUT2D eigenvalue weighted by Crippen LogP contribution is -2.16. The normalized spacial score (nSPS) is 12.7. The van der Waals surface area contributed by atoms with Crippen LogP contribution in [0.25, 0.3) is 32.9 Å². The number of H-pyrrole nitrogens is 1. The lowest BCUT2D eigenvalue weighted by molar-refractivity contribution is 0.103. The van der Waals surface area contributed by atoms with Crippen molar-refractivity contribution in [1.29, 1.82) is 0 Å². The van der Waals surface area contributed by atoms with Crippen molar-refractivity contribution >= 4 is 27.6 Å². The van der Waals surface area contributed by atoms with Gasteiger partial charge in [0.2, 0.25) is 0 Å². The molecule has 3 heteroatoms. The van der Waals surface area contributed by atoms with Gasteiger partial charge in [0, 0.05) is 27.4 Å². The number of hydrogen-bond donors (Lipinski definition) is 1. The fourth-order valence-electron chi connectivity index (χ4n) is 4.48. The zero-order chi connectivity index (χ0) is 20.2. The lowest BCUT2D eigenvalue weighted by atomic mass is 9.84. The summed E-state index contributed by atoms with van der Waals surface area (Å²) in [6.07, 6.45) is 0.661. The van der Waals surface area contributed by atoms with E-state index in [2.05, 4.69) is 4.98 Å².